The number of fused-ring (bicyclic) bond motifs is 1. The summed E-state index contributed by atoms with van der Waals surface area (Å²) in [7, 11) is 0. The molecule has 10 nitrogen and oxygen atoms in total. The van der Waals surface area contributed by atoms with Crippen LogP contribution in [0.3, 0.4) is 0 Å². The molecule has 3 amide bonds. The summed E-state index contributed by atoms with van der Waals surface area (Å²) in [5.74, 6) is -0.433. The first-order valence-electron chi connectivity index (χ1n) is 13.9. The first-order chi connectivity index (χ1) is 18.5. The maximum atomic E-state index is 13.4. The fraction of sp³-hybridized carbons (Fsp3) is 0.571. The second-order valence-corrected chi connectivity index (χ2v) is 11.2. The van der Waals surface area contributed by atoms with E-state index in [-0.39, 0.29) is 18.7 Å². The third kappa shape index (κ3) is 4.82. The van der Waals surface area contributed by atoms with Crippen molar-refractivity contribution >= 4 is 23.4 Å². The topological polar surface area (TPSA) is 120 Å². The second-order valence-electron chi connectivity index (χ2n) is 11.2. The minimum atomic E-state index is -1.23. The Balaban J connectivity index is 1.08. The lowest BCUT2D eigenvalue weighted by Gasteiger charge is -2.33. The third-order valence-corrected chi connectivity index (χ3v) is 8.69. The van der Waals surface area contributed by atoms with Gasteiger partial charge in [-0.2, -0.15) is 5.10 Å². The van der Waals surface area contributed by atoms with E-state index in [1.54, 1.807) is 12.1 Å². The van der Waals surface area contributed by atoms with Crippen LogP contribution in [0.2, 0.25) is 0 Å². The van der Waals surface area contributed by atoms with E-state index in [0.29, 0.717) is 29.4 Å². The lowest BCUT2D eigenvalue weighted by Crippen LogP contribution is -2.53. The van der Waals surface area contributed by atoms with Crippen molar-refractivity contribution in [3.8, 4) is 0 Å². The molecular weight excluding hydrogens is 484 g/mol. The summed E-state index contributed by atoms with van der Waals surface area (Å²) in [6.45, 7) is 3.98. The SMILES string of the molecule is O=C1CCC(N2C(=O)c3c(NCc4cnn(C5CCN(CC6CCCC6)CC5)c4)cccc3C2O)C(=O)N1. The van der Waals surface area contributed by atoms with Crippen LogP contribution < -0.4 is 10.6 Å². The van der Waals surface area contributed by atoms with Gasteiger partial charge in [0.25, 0.3) is 5.91 Å². The summed E-state index contributed by atoms with van der Waals surface area (Å²) in [6.07, 6.45) is 10.8. The van der Waals surface area contributed by atoms with Gasteiger partial charge in [-0.25, -0.2) is 0 Å². The van der Waals surface area contributed by atoms with Crippen LogP contribution in [0, 0.1) is 5.92 Å². The molecule has 38 heavy (non-hydrogen) atoms. The quantitative estimate of drug-likeness (QED) is 0.480. The van der Waals surface area contributed by atoms with Crippen molar-refractivity contribution in [1.82, 2.24) is 24.9 Å². The molecule has 2 saturated heterocycles. The molecule has 2 aromatic rings. The minimum Gasteiger partial charge on any atom is -0.380 e. The van der Waals surface area contributed by atoms with Crippen molar-refractivity contribution in [2.45, 2.75) is 76.2 Å². The first kappa shape index (κ1) is 25.1. The highest BCUT2D eigenvalue weighted by molar-refractivity contribution is 6.08. The lowest BCUT2D eigenvalue weighted by molar-refractivity contribution is -0.139. The number of hydrogen-bond acceptors (Lipinski definition) is 7. The van der Waals surface area contributed by atoms with E-state index >= 15 is 0 Å². The van der Waals surface area contributed by atoms with Gasteiger partial charge in [0, 0.05) is 55.6 Å². The zero-order valence-electron chi connectivity index (χ0n) is 21.6. The molecule has 4 aliphatic rings. The van der Waals surface area contributed by atoms with Crippen LogP contribution >= 0.6 is 0 Å². The Bertz CT molecular complexity index is 1210. The molecule has 3 aliphatic heterocycles. The molecule has 1 saturated carbocycles. The zero-order chi connectivity index (χ0) is 26.2. The zero-order valence-corrected chi connectivity index (χ0v) is 21.6. The van der Waals surface area contributed by atoms with Crippen LogP contribution in [0.5, 0.6) is 0 Å². The fourth-order valence-electron chi connectivity index (χ4n) is 6.61. The molecule has 1 aromatic carbocycles. The van der Waals surface area contributed by atoms with Gasteiger partial charge in [-0.15, -0.1) is 0 Å². The summed E-state index contributed by atoms with van der Waals surface area (Å²) in [6, 6.07) is 4.82. The molecule has 1 aliphatic carbocycles. The molecule has 6 rings (SSSR count). The van der Waals surface area contributed by atoms with Crippen molar-refractivity contribution in [3.05, 3.63) is 47.3 Å². The fourth-order valence-corrected chi connectivity index (χ4v) is 6.61. The Morgan fingerprint density at radius 3 is 2.61 bits per heavy atom. The molecule has 202 valence electrons. The molecule has 3 fully saturated rings. The highest BCUT2D eigenvalue weighted by atomic mass is 16.3. The largest absolute Gasteiger partial charge is 0.380 e. The highest BCUT2D eigenvalue weighted by Gasteiger charge is 2.45. The molecule has 2 unspecified atom stereocenters. The summed E-state index contributed by atoms with van der Waals surface area (Å²) in [5.41, 5.74) is 2.45. The number of piperidine rings is 2. The predicted molar refractivity (Wildman–Crippen MR) is 140 cm³/mol. The molecule has 0 bridgehead atoms. The number of benzene rings is 1. The number of rotatable bonds is 7. The smallest absolute Gasteiger partial charge is 0.259 e. The number of aliphatic hydroxyl groups is 1. The molecule has 1 aromatic heterocycles. The van der Waals surface area contributed by atoms with Gasteiger partial charge < -0.3 is 15.3 Å². The number of nitrogens with one attached hydrogen (secondary N) is 2. The van der Waals surface area contributed by atoms with Crippen LogP contribution in [-0.4, -0.2) is 68.1 Å². The average Bonchev–Trinajstić information content (AvgIpc) is 3.66. The summed E-state index contributed by atoms with van der Waals surface area (Å²) < 4.78 is 2.08. The highest BCUT2D eigenvalue weighted by Crippen LogP contribution is 2.39. The number of aromatic nitrogens is 2. The Kier molecular flexibility index (Phi) is 6.92. The van der Waals surface area contributed by atoms with Crippen molar-refractivity contribution in [2.24, 2.45) is 5.92 Å². The minimum absolute atomic E-state index is 0.137. The van der Waals surface area contributed by atoms with Crippen LogP contribution in [0.25, 0.3) is 0 Å². The van der Waals surface area contributed by atoms with E-state index in [9.17, 15) is 19.5 Å². The van der Waals surface area contributed by atoms with Crippen molar-refractivity contribution < 1.29 is 19.5 Å². The summed E-state index contributed by atoms with van der Waals surface area (Å²) in [5, 5.41) is 21.2. The summed E-state index contributed by atoms with van der Waals surface area (Å²) in [4.78, 5) is 41.1. The number of imide groups is 1. The molecule has 4 heterocycles. The van der Waals surface area contributed by atoms with Crippen LogP contribution in [0.4, 0.5) is 5.69 Å². The molecule has 10 heteroatoms. The number of carbonyl (C=O) groups is 3. The maximum Gasteiger partial charge on any atom is 0.259 e. The van der Waals surface area contributed by atoms with E-state index in [1.807, 2.05) is 12.3 Å². The number of anilines is 1. The summed E-state index contributed by atoms with van der Waals surface area (Å²) >= 11 is 0. The van der Waals surface area contributed by atoms with Crippen LogP contribution in [0.15, 0.2) is 30.6 Å². The molecule has 0 spiro atoms. The van der Waals surface area contributed by atoms with Gasteiger partial charge in [0.15, 0.2) is 6.23 Å². The van der Waals surface area contributed by atoms with E-state index < -0.39 is 24.1 Å². The van der Waals surface area contributed by atoms with Crippen molar-refractivity contribution in [2.75, 3.05) is 25.0 Å². The van der Waals surface area contributed by atoms with Crippen LogP contribution in [-0.2, 0) is 16.1 Å². The van der Waals surface area contributed by atoms with E-state index in [2.05, 4.69) is 31.5 Å². The molecule has 2 atom stereocenters. The number of hydrogen-bond donors (Lipinski definition) is 3. The van der Waals surface area contributed by atoms with Crippen molar-refractivity contribution in [3.63, 3.8) is 0 Å². The second kappa shape index (κ2) is 10.5. The third-order valence-electron chi connectivity index (χ3n) is 8.69. The molecular formula is C28H36N6O4. The lowest BCUT2D eigenvalue weighted by atomic mass is 10.0. The van der Waals surface area contributed by atoms with Gasteiger partial charge >= 0.3 is 0 Å². The maximum absolute atomic E-state index is 13.4. The van der Waals surface area contributed by atoms with Gasteiger partial charge in [-0.1, -0.05) is 25.0 Å². The number of amides is 3. The van der Waals surface area contributed by atoms with Gasteiger partial charge in [0.2, 0.25) is 11.8 Å². The Labute approximate surface area is 222 Å². The molecule has 3 N–H and O–H groups in total. The van der Waals surface area contributed by atoms with E-state index in [1.165, 1.54) is 37.1 Å². The normalized spacial score (nSPS) is 25.2. The Morgan fingerprint density at radius 1 is 1.05 bits per heavy atom. The monoisotopic (exact) mass is 520 g/mol. The standard InChI is InChI=1S/C28H36N6O4/c35-24-9-8-23(26(36)31-24)34-27(37)21-6-3-7-22(25(21)28(34)38)29-14-19-15-30-33(17-19)20-10-12-32(13-11-20)16-18-4-1-2-5-18/h3,6-7,15,17-18,20,23,27,29,37H,1-2,4-5,8-14,16H2,(H,31,35,36). The predicted octanol–water partition coefficient (Wildman–Crippen LogP) is 2.57. The van der Waals surface area contributed by atoms with Crippen LogP contribution in [0.1, 0.15) is 85.1 Å². The Hall–Kier alpha value is -3.24. The van der Waals surface area contributed by atoms with Gasteiger partial charge in [-0.05, 0) is 44.1 Å². The van der Waals surface area contributed by atoms with Crippen molar-refractivity contribution in [1.29, 1.82) is 0 Å². The Morgan fingerprint density at radius 2 is 1.84 bits per heavy atom. The number of nitrogens with zero attached hydrogens (tertiary/aromatic N) is 4. The molecule has 0 radical (unpaired) electrons. The number of carbonyl (C=O) groups excluding carboxylic acids is 3. The average molecular weight is 521 g/mol. The van der Waals surface area contributed by atoms with Gasteiger partial charge in [0.1, 0.15) is 6.04 Å². The number of likely N-dealkylation sites (tertiary alicyclic amines) is 1. The number of aliphatic hydroxyl groups excluding tert-OH is 1. The van der Waals surface area contributed by atoms with E-state index in [4.69, 9.17) is 0 Å². The first-order valence-corrected chi connectivity index (χ1v) is 13.9. The van der Waals surface area contributed by atoms with Gasteiger partial charge in [-0.3, -0.25) is 29.3 Å². The van der Waals surface area contributed by atoms with E-state index in [0.717, 1.165) is 37.4 Å². The van der Waals surface area contributed by atoms with Gasteiger partial charge in [0.05, 0.1) is 17.8 Å².